The fraction of sp³-hybridized carbons (Fsp3) is 0.433. The SMILES string of the molecule is CC(C)(C)OC(=O)NCCC1CCN(C(=O)c2c([N+](=O)[O-])c3ccc(C#N)cc3n2CCS(=O)(=O)c2ccccc2)CC1. The van der Waals surface area contributed by atoms with E-state index in [0.717, 1.165) is 0 Å². The Kier molecular flexibility index (Phi) is 9.40. The fourth-order valence-corrected chi connectivity index (χ4v) is 6.49. The van der Waals surface area contributed by atoms with E-state index in [1.54, 1.807) is 43.9 Å². The summed E-state index contributed by atoms with van der Waals surface area (Å²) in [5.74, 6) is -0.736. The van der Waals surface area contributed by atoms with Gasteiger partial charge in [-0.15, -0.1) is 0 Å². The molecular formula is C30H35N5O7S. The van der Waals surface area contributed by atoms with Crippen LogP contribution in [0.2, 0.25) is 0 Å². The quantitative estimate of drug-likeness (QED) is 0.270. The van der Waals surface area contributed by atoms with E-state index in [2.05, 4.69) is 5.32 Å². The Morgan fingerprint density at radius 1 is 1.14 bits per heavy atom. The molecule has 0 unspecified atom stereocenters. The number of ether oxygens (including phenoxy) is 1. The molecule has 228 valence electrons. The minimum atomic E-state index is -3.77. The summed E-state index contributed by atoms with van der Waals surface area (Å²) in [7, 11) is -3.77. The molecule has 4 rings (SSSR count). The predicted molar refractivity (Wildman–Crippen MR) is 159 cm³/mol. The molecule has 13 heteroatoms. The third kappa shape index (κ3) is 7.50. The molecule has 1 N–H and O–H groups in total. The molecule has 0 radical (unpaired) electrons. The van der Waals surface area contributed by atoms with Crippen LogP contribution in [0.15, 0.2) is 53.4 Å². The van der Waals surface area contributed by atoms with Crippen LogP contribution in [0.25, 0.3) is 10.9 Å². The average Bonchev–Trinajstić information content (AvgIpc) is 3.29. The number of carbonyl (C=O) groups is 2. The van der Waals surface area contributed by atoms with Crippen molar-refractivity contribution in [1.82, 2.24) is 14.8 Å². The summed E-state index contributed by atoms with van der Waals surface area (Å²) >= 11 is 0. The molecule has 0 saturated carbocycles. The van der Waals surface area contributed by atoms with Crippen LogP contribution in [0, 0.1) is 27.4 Å². The Balaban J connectivity index is 1.57. The number of aromatic nitrogens is 1. The summed E-state index contributed by atoms with van der Waals surface area (Å²) in [5, 5.41) is 24.7. The van der Waals surface area contributed by atoms with Gasteiger partial charge in [-0.05, 0) is 76.3 Å². The number of amides is 2. The molecule has 2 heterocycles. The van der Waals surface area contributed by atoms with E-state index in [1.807, 2.05) is 6.07 Å². The first-order valence-electron chi connectivity index (χ1n) is 14.1. The zero-order chi connectivity index (χ0) is 31.4. The number of alkyl carbamates (subject to hydrolysis) is 1. The second kappa shape index (κ2) is 12.8. The lowest BCUT2D eigenvalue weighted by molar-refractivity contribution is -0.383. The molecule has 2 aromatic carbocycles. The number of hydrogen-bond acceptors (Lipinski definition) is 8. The van der Waals surface area contributed by atoms with E-state index in [9.17, 15) is 33.4 Å². The zero-order valence-corrected chi connectivity index (χ0v) is 25.2. The topological polar surface area (TPSA) is 165 Å². The second-order valence-corrected chi connectivity index (χ2v) is 13.6. The highest BCUT2D eigenvalue weighted by Gasteiger charge is 2.35. The minimum Gasteiger partial charge on any atom is -0.444 e. The monoisotopic (exact) mass is 609 g/mol. The van der Waals surface area contributed by atoms with Crippen molar-refractivity contribution in [2.24, 2.45) is 5.92 Å². The van der Waals surface area contributed by atoms with Gasteiger partial charge in [0, 0.05) is 26.2 Å². The molecule has 0 atom stereocenters. The maximum absolute atomic E-state index is 13.9. The van der Waals surface area contributed by atoms with E-state index >= 15 is 0 Å². The van der Waals surface area contributed by atoms with E-state index in [-0.39, 0.29) is 39.5 Å². The molecular weight excluding hydrogens is 574 g/mol. The van der Waals surface area contributed by atoms with Gasteiger partial charge in [0.15, 0.2) is 15.5 Å². The van der Waals surface area contributed by atoms with Crippen molar-refractivity contribution in [3.05, 3.63) is 69.9 Å². The van der Waals surface area contributed by atoms with Crippen molar-refractivity contribution >= 4 is 38.4 Å². The van der Waals surface area contributed by atoms with Gasteiger partial charge in [0.05, 0.1) is 38.1 Å². The highest BCUT2D eigenvalue weighted by molar-refractivity contribution is 7.91. The number of benzene rings is 2. The minimum absolute atomic E-state index is 0.106. The van der Waals surface area contributed by atoms with Gasteiger partial charge in [0.2, 0.25) is 0 Å². The Hall–Kier alpha value is -4.44. The van der Waals surface area contributed by atoms with Gasteiger partial charge in [0.1, 0.15) is 5.60 Å². The van der Waals surface area contributed by atoms with E-state index in [0.29, 0.717) is 38.9 Å². The summed E-state index contributed by atoms with van der Waals surface area (Å²) in [5.41, 5.74) is -0.732. The summed E-state index contributed by atoms with van der Waals surface area (Å²) < 4.78 is 32.8. The molecule has 1 aromatic heterocycles. The maximum atomic E-state index is 13.9. The number of sulfone groups is 1. The first-order valence-corrected chi connectivity index (χ1v) is 15.7. The van der Waals surface area contributed by atoms with Crippen LogP contribution in [-0.4, -0.2) is 65.8 Å². The Morgan fingerprint density at radius 3 is 2.42 bits per heavy atom. The molecule has 1 aliphatic heterocycles. The van der Waals surface area contributed by atoms with Crippen LogP contribution in [0.1, 0.15) is 56.1 Å². The van der Waals surface area contributed by atoms with Gasteiger partial charge in [-0.25, -0.2) is 13.2 Å². The number of nitrogens with one attached hydrogen (secondary N) is 1. The number of piperidine rings is 1. The number of aryl methyl sites for hydroxylation is 1. The second-order valence-electron chi connectivity index (χ2n) is 11.5. The Morgan fingerprint density at radius 2 is 1.81 bits per heavy atom. The number of nitro groups is 1. The summed E-state index contributed by atoms with van der Waals surface area (Å²) in [6.07, 6.45) is 1.47. The third-order valence-electron chi connectivity index (χ3n) is 7.36. The predicted octanol–water partition coefficient (Wildman–Crippen LogP) is 4.66. The standard InChI is InChI=1S/C30H35N5O7S/c1-30(2,3)42-29(37)32-14-11-21-12-15-33(16-13-21)28(36)27-26(35(38)39)24-10-9-22(20-31)19-25(24)34(27)17-18-43(40,41)23-7-5-4-6-8-23/h4-10,19,21H,11-18H2,1-3H3,(H,32,37). The van der Waals surface area contributed by atoms with Crippen LogP contribution in [0.5, 0.6) is 0 Å². The molecule has 3 aromatic rings. The molecule has 12 nitrogen and oxygen atoms in total. The normalized spacial score (nSPS) is 14.3. The molecule has 43 heavy (non-hydrogen) atoms. The van der Waals surface area contributed by atoms with E-state index in [1.165, 1.54) is 34.9 Å². The van der Waals surface area contributed by atoms with Crippen molar-refractivity contribution < 1.29 is 27.7 Å². The average molecular weight is 610 g/mol. The van der Waals surface area contributed by atoms with Crippen molar-refractivity contribution in [2.45, 2.75) is 57.1 Å². The molecule has 1 fully saturated rings. The highest BCUT2D eigenvalue weighted by Crippen LogP contribution is 2.35. The molecule has 0 bridgehead atoms. The van der Waals surface area contributed by atoms with Crippen molar-refractivity contribution in [1.29, 1.82) is 5.26 Å². The molecule has 1 saturated heterocycles. The van der Waals surface area contributed by atoms with Gasteiger partial charge in [-0.2, -0.15) is 5.26 Å². The van der Waals surface area contributed by atoms with Gasteiger partial charge in [-0.1, -0.05) is 18.2 Å². The number of hydrogen-bond donors (Lipinski definition) is 1. The smallest absolute Gasteiger partial charge is 0.407 e. The van der Waals surface area contributed by atoms with Crippen molar-refractivity contribution in [3.63, 3.8) is 0 Å². The molecule has 1 aliphatic rings. The number of rotatable bonds is 9. The molecule has 0 aliphatic carbocycles. The van der Waals surface area contributed by atoms with Crippen LogP contribution >= 0.6 is 0 Å². The van der Waals surface area contributed by atoms with Gasteiger partial charge < -0.3 is 19.5 Å². The van der Waals surface area contributed by atoms with Gasteiger partial charge >= 0.3 is 11.8 Å². The van der Waals surface area contributed by atoms with E-state index in [4.69, 9.17) is 4.74 Å². The Bertz CT molecular complexity index is 1660. The van der Waals surface area contributed by atoms with Crippen LogP contribution < -0.4 is 5.32 Å². The highest BCUT2D eigenvalue weighted by atomic mass is 32.2. The number of nitriles is 1. The molecule has 0 spiro atoms. The summed E-state index contributed by atoms with van der Waals surface area (Å²) in [6.45, 7) is 6.25. The zero-order valence-electron chi connectivity index (χ0n) is 24.4. The van der Waals surface area contributed by atoms with Crippen LogP contribution in [-0.2, 0) is 21.1 Å². The summed E-state index contributed by atoms with van der Waals surface area (Å²) in [6, 6.07) is 14.2. The number of nitrogens with zero attached hydrogens (tertiary/aromatic N) is 4. The van der Waals surface area contributed by atoms with Crippen molar-refractivity contribution in [2.75, 3.05) is 25.4 Å². The third-order valence-corrected chi connectivity index (χ3v) is 9.07. The summed E-state index contributed by atoms with van der Waals surface area (Å²) in [4.78, 5) is 39.2. The lowest BCUT2D eigenvalue weighted by Gasteiger charge is -2.32. The first kappa shape index (κ1) is 31.5. The van der Waals surface area contributed by atoms with Crippen LogP contribution in [0.3, 0.4) is 0 Å². The van der Waals surface area contributed by atoms with Gasteiger partial charge in [-0.3, -0.25) is 14.9 Å². The number of fused-ring (bicyclic) bond motifs is 1. The van der Waals surface area contributed by atoms with Gasteiger partial charge in [0.25, 0.3) is 5.91 Å². The number of carbonyl (C=O) groups excluding carboxylic acids is 2. The van der Waals surface area contributed by atoms with Crippen molar-refractivity contribution in [3.8, 4) is 6.07 Å². The largest absolute Gasteiger partial charge is 0.444 e. The lowest BCUT2D eigenvalue weighted by Crippen LogP contribution is -2.40. The van der Waals surface area contributed by atoms with E-state index < -0.39 is 43.8 Å². The maximum Gasteiger partial charge on any atom is 0.407 e. The molecule has 2 amide bonds. The fourth-order valence-electron chi connectivity index (χ4n) is 5.26. The Labute approximate surface area is 250 Å². The number of likely N-dealkylation sites (tertiary alicyclic amines) is 1. The lowest BCUT2D eigenvalue weighted by atomic mass is 9.93. The van der Waals surface area contributed by atoms with Crippen LogP contribution in [0.4, 0.5) is 10.5 Å². The first-order chi connectivity index (χ1) is 20.3.